The van der Waals surface area contributed by atoms with Crippen molar-refractivity contribution in [2.75, 3.05) is 0 Å². The molecule has 0 aliphatic carbocycles. The van der Waals surface area contributed by atoms with E-state index in [1.807, 2.05) is 33.9 Å². The van der Waals surface area contributed by atoms with Gasteiger partial charge in [0.25, 0.3) is 5.56 Å². The molecule has 0 atom stereocenters. The Bertz CT molecular complexity index is 4220. The Morgan fingerprint density at radius 3 is 1.75 bits per heavy atom. The maximum atomic E-state index is 14.5. The molecule has 4 heteroatoms. The molecule has 3 nitrogen and oxygen atoms in total. The summed E-state index contributed by atoms with van der Waals surface area (Å²) in [5.41, 5.74) is 7.60. The van der Waals surface area contributed by atoms with Gasteiger partial charge in [-0.2, -0.15) is 0 Å². The molecule has 0 amide bonds. The Labute approximate surface area is 340 Å². The number of nitrogens with zero attached hydrogens (tertiary/aromatic N) is 2. The Hall–Kier alpha value is -7.53. The van der Waals surface area contributed by atoms with Crippen LogP contribution in [-0.2, 0) is 0 Å². The molecule has 0 bridgehead atoms. The van der Waals surface area contributed by atoms with E-state index in [0.717, 1.165) is 54.8 Å². The number of hydrogen-bond acceptors (Lipinski definition) is 2. The first-order valence-corrected chi connectivity index (χ1v) is 20.9. The number of fused-ring (bicyclic) bond motifs is 17. The van der Waals surface area contributed by atoms with Crippen LogP contribution >= 0.6 is 11.3 Å². The fourth-order valence-corrected chi connectivity index (χ4v) is 11.7. The Morgan fingerprint density at radius 1 is 0.356 bits per heavy atom. The van der Waals surface area contributed by atoms with Crippen molar-refractivity contribution >= 4 is 124 Å². The molecular formula is C55H30N2OS. The second-order valence-electron chi connectivity index (χ2n) is 15.9. The minimum absolute atomic E-state index is 0.0176. The third-order valence-corrected chi connectivity index (χ3v) is 14.1. The maximum Gasteiger partial charge on any atom is 0.263 e. The van der Waals surface area contributed by atoms with Gasteiger partial charge in [0.1, 0.15) is 0 Å². The van der Waals surface area contributed by atoms with E-state index in [2.05, 4.69) is 168 Å². The maximum absolute atomic E-state index is 14.5. The van der Waals surface area contributed by atoms with Crippen molar-refractivity contribution in [3.05, 3.63) is 192 Å². The Balaban J connectivity index is 1.16. The molecule has 0 aliphatic rings. The first-order valence-electron chi connectivity index (χ1n) is 20.1. The highest BCUT2D eigenvalue weighted by Gasteiger charge is 2.22. The molecule has 272 valence electrons. The van der Waals surface area contributed by atoms with Crippen LogP contribution in [0.15, 0.2) is 187 Å². The number of rotatable bonds is 2. The first-order chi connectivity index (χ1) is 29.2. The van der Waals surface area contributed by atoms with Gasteiger partial charge in [-0.05, 0) is 97.4 Å². The summed E-state index contributed by atoms with van der Waals surface area (Å²) in [5.74, 6) is 0. The molecule has 14 aromatic rings. The zero-order chi connectivity index (χ0) is 38.5. The molecule has 4 aromatic heterocycles. The molecule has 0 saturated heterocycles. The molecule has 4 heterocycles. The molecule has 0 aliphatic heterocycles. The van der Waals surface area contributed by atoms with Crippen LogP contribution in [0.4, 0.5) is 0 Å². The van der Waals surface area contributed by atoms with E-state index in [0.29, 0.717) is 0 Å². The van der Waals surface area contributed by atoms with Crippen molar-refractivity contribution in [2.45, 2.75) is 0 Å². The van der Waals surface area contributed by atoms with E-state index in [1.54, 1.807) is 0 Å². The van der Waals surface area contributed by atoms with Crippen LogP contribution in [-0.4, -0.2) is 8.97 Å². The van der Waals surface area contributed by atoms with Crippen molar-refractivity contribution in [1.29, 1.82) is 0 Å². The molecule has 10 aromatic carbocycles. The predicted molar refractivity (Wildman–Crippen MR) is 253 cm³/mol. The summed E-state index contributed by atoms with van der Waals surface area (Å²) in [6.45, 7) is 0. The average molecular weight is 767 g/mol. The molecule has 14 rings (SSSR count). The average Bonchev–Trinajstić information content (AvgIpc) is 3.94. The smallest absolute Gasteiger partial charge is 0.263 e. The van der Waals surface area contributed by atoms with E-state index in [4.69, 9.17) is 0 Å². The molecular weight excluding hydrogens is 737 g/mol. The number of pyridine rings is 1. The highest BCUT2D eigenvalue weighted by Crippen LogP contribution is 2.46. The van der Waals surface area contributed by atoms with Gasteiger partial charge < -0.3 is 4.57 Å². The predicted octanol–water partition coefficient (Wildman–Crippen LogP) is 14.8. The van der Waals surface area contributed by atoms with Crippen molar-refractivity contribution < 1.29 is 0 Å². The lowest BCUT2D eigenvalue weighted by Crippen LogP contribution is -2.12. The van der Waals surface area contributed by atoms with Crippen LogP contribution in [0.1, 0.15) is 0 Å². The highest BCUT2D eigenvalue weighted by atomic mass is 32.1. The summed E-state index contributed by atoms with van der Waals surface area (Å²) < 4.78 is 7.05. The monoisotopic (exact) mass is 766 g/mol. The van der Waals surface area contributed by atoms with Crippen LogP contribution in [0.5, 0.6) is 0 Å². The van der Waals surface area contributed by atoms with E-state index in [9.17, 15) is 4.79 Å². The zero-order valence-electron chi connectivity index (χ0n) is 31.5. The van der Waals surface area contributed by atoms with Crippen LogP contribution in [0, 0.1) is 0 Å². The molecule has 0 saturated carbocycles. The molecule has 0 radical (unpaired) electrons. The molecule has 0 unspecified atom stereocenters. The van der Waals surface area contributed by atoms with Gasteiger partial charge in [0.2, 0.25) is 0 Å². The van der Waals surface area contributed by atoms with E-state index in [1.165, 1.54) is 74.3 Å². The molecule has 0 spiro atoms. The van der Waals surface area contributed by atoms with Crippen molar-refractivity contribution in [2.24, 2.45) is 0 Å². The van der Waals surface area contributed by atoms with Gasteiger partial charge in [0.05, 0.1) is 22.1 Å². The fourth-order valence-electron chi connectivity index (χ4n) is 10.5. The topological polar surface area (TPSA) is 26.4 Å². The largest absolute Gasteiger partial charge is 0.309 e. The van der Waals surface area contributed by atoms with Gasteiger partial charge in [-0.25, -0.2) is 0 Å². The summed E-state index contributed by atoms with van der Waals surface area (Å²) in [5, 5.41) is 17.4. The van der Waals surface area contributed by atoms with Crippen molar-refractivity contribution in [3.8, 4) is 16.8 Å². The highest BCUT2D eigenvalue weighted by molar-refractivity contribution is 7.25. The molecule has 0 N–H and O–H groups in total. The molecule has 0 fully saturated rings. The third-order valence-electron chi connectivity index (χ3n) is 13.0. The van der Waals surface area contributed by atoms with Crippen LogP contribution < -0.4 is 5.56 Å². The van der Waals surface area contributed by atoms with Gasteiger partial charge in [-0.15, -0.1) is 11.3 Å². The Morgan fingerprint density at radius 2 is 0.949 bits per heavy atom. The Kier molecular flexibility index (Phi) is 6.05. The summed E-state index contributed by atoms with van der Waals surface area (Å²) in [4.78, 5) is 14.5. The van der Waals surface area contributed by atoms with E-state index in [-0.39, 0.29) is 5.56 Å². The fraction of sp³-hybridized carbons (Fsp3) is 0. The summed E-state index contributed by atoms with van der Waals surface area (Å²) in [6, 6.07) is 66.1. The second kappa shape index (κ2) is 11.3. The lowest BCUT2D eigenvalue weighted by atomic mass is 9.88. The van der Waals surface area contributed by atoms with Gasteiger partial charge in [0.15, 0.2) is 0 Å². The standard InChI is InChI=1S/C55H30N2OS/c58-55-43-19-6-4-15-36(43)41-20-11-21-42-38-25-24-31(26-49(38)57(55)54(41)42)44-27-32(28-47-35-14-2-1-12-33(35)34-13-3-5-18-40(34)53(44)47)56-48-22-9-7-16-37(48)45-30-52-46(29-50(45)56)39-17-8-10-23-51(39)59-52/h1-30H. The van der Waals surface area contributed by atoms with E-state index >= 15 is 0 Å². The van der Waals surface area contributed by atoms with Crippen LogP contribution in [0.3, 0.4) is 0 Å². The van der Waals surface area contributed by atoms with Gasteiger partial charge in [0, 0.05) is 58.2 Å². The number of aromatic nitrogens is 2. The van der Waals surface area contributed by atoms with Gasteiger partial charge in [-0.1, -0.05) is 133 Å². The zero-order valence-corrected chi connectivity index (χ0v) is 32.3. The number of hydrogen-bond donors (Lipinski definition) is 0. The normalized spacial score (nSPS) is 12.5. The first kappa shape index (κ1) is 31.5. The number of benzene rings is 10. The van der Waals surface area contributed by atoms with Crippen molar-refractivity contribution in [1.82, 2.24) is 8.97 Å². The van der Waals surface area contributed by atoms with Crippen LogP contribution in [0.2, 0.25) is 0 Å². The summed E-state index contributed by atoms with van der Waals surface area (Å²) >= 11 is 1.87. The number of para-hydroxylation sites is 2. The lowest BCUT2D eigenvalue weighted by molar-refractivity contribution is 1.19. The quantitative estimate of drug-likeness (QED) is 0.161. The molecule has 59 heavy (non-hydrogen) atoms. The summed E-state index contributed by atoms with van der Waals surface area (Å²) in [7, 11) is 0. The lowest BCUT2D eigenvalue weighted by Gasteiger charge is -2.18. The van der Waals surface area contributed by atoms with E-state index < -0.39 is 0 Å². The minimum Gasteiger partial charge on any atom is -0.309 e. The SMILES string of the molecule is O=c1c2ccccc2c2cccc3c4ccc(-c5cc(-n6c7ccccc7c7cc8sc9ccccc9c8cc76)cc6c7ccccc7c7ccccc7c56)cc4n1c23. The number of thiophene rings is 1. The second-order valence-corrected chi connectivity index (χ2v) is 17.0. The summed E-state index contributed by atoms with van der Waals surface area (Å²) in [6.07, 6.45) is 0. The minimum atomic E-state index is 0.0176. The third kappa shape index (κ3) is 4.08. The van der Waals surface area contributed by atoms with Gasteiger partial charge in [-0.3, -0.25) is 9.20 Å². The van der Waals surface area contributed by atoms with Crippen molar-refractivity contribution in [3.63, 3.8) is 0 Å². The van der Waals surface area contributed by atoms with Gasteiger partial charge >= 0.3 is 0 Å². The van der Waals surface area contributed by atoms with Crippen LogP contribution in [0.25, 0.3) is 129 Å².